The van der Waals surface area contributed by atoms with Crippen LogP contribution in [0, 0.1) is 0 Å². The highest BCUT2D eigenvalue weighted by Gasteiger charge is 2.14. The predicted molar refractivity (Wildman–Crippen MR) is 82.8 cm³/mol. The largest absolute Gasteiger partial charge is 0.397 e. The van der Waals surface area contributed by atoms with Crippen molar-refractivity contribution in [3.63, 3.8) is 0 Å². The number of pyridine rings is 1. The molecule has 20 heavy (non-hydrogen) atoms. The lowest BCUT2D eigenvalue weighted by atomic mass is 10.1. The maximum absolute atomic E-state index is 12.1. The van der Waals surface area contributed by atoms with E-state index in [0.29, 0.717) is 5.69 Å². The first-order valence-electron chi connectivity index (χ1n) is 6.27. The lowest BCUT2D eigenvalue weighted by Crippen LogP contribution is -2.28. The van der Waals surface area contributed by atoms with Crippen LogP contribution >= 0.6 is 11.8 Å². The number of benzene rings is 1. The number of nitrogen functional groups attached to an aromatic ring is 1. The molecule has 3 N–H and O–H groups in total. The number of nitrogens with two attached hydrogens (primary N) is 1. The van der Waals surface area contributed by atoms with Crippen LogP contribution in [0.3, 0.4) is 0 Å². The van der Waals surface area contributed by atoms with Gasteiger partial charge in [-0.2, -0.15) is 0 Å². The van der Waals surface area contributed by atoms with E-state index in [0.717, 1.165) is 5.56 Å². The molecule has 4 nitrogen and oxygen atoms in total. The number of nitrogens with zero attached hydrogens (tertiary/aromatic N) is 1. The standard InChI is InChI=1S/C15H17N3OS/c1-10(11-5-7-12(20-2)8-6-11)18-15(19)14-13(16)4-3-9-17-14/h3-10H,16H2,1-2H3,(H,18,19). The van der Waals surface area contributed by atoms with Crippen LogP contribution in [-0.4, -0.2) is 17.1 Å². The molecule has 0 aliphatic heterocycles. The summed E-state index contributed by atoms with van der Waals surface area (Å²) >= 11 is 1.69. The van der Waals surface area contributed by atoms with Crippen molar-refractivity contribution in [3.05, 3.63) is 53.9 Å². The average molecular weight is 287 g/mol. The summed E-state index contributed by atoms with van der Waals surface area (Å²) in [5.74, 6) is -0.260. The zero-order valence-electron chi connectivity index (χ0n) is 11.5. The zero-order chi connectivity index (χ0) is 14.5. The van der Waals surface area contributed by atoms with Crippen LogP contribution in [-0.2, 0) is 0 Å². The van der Waals surface area contributed by atoms with Gasteiger partial charge in [-0.25, -0.2) is 4.98 Å². The number of amides is 1. The van der Waals surface area contributed by atoms with Gasteiger partial charge in [-0.1, -0.05) is 12.1 Å². The highest BCUT2D eigenvalue weighted by molar-refractivity contribution is 7.98. The first kappa shape index (κ1) is 14.4. The Morgan fingerprint density at radius 3 is 2.60 bits per heavy atom. The monoisotopic (exact) mass is 287 g/mol. The van der Waals surface area contributed by atoms with E-state index in [9.17, 15) is 4.79 Å². The van der Waals surface area contributed by atoms with Crippen LogP contribution < -0.4 is 11.1 Å². The number of aromatic nitrogens is 1. The third-order valence-corrected chi connectivity index (χ3v) is 3.76. The Hall–Kier alpha value is -2.01. The smallest absolute Gasteiger partial charge is 0.272 e. The van der Waals surface area contributed by atoms with Gasteiger partial charge < -0.3 is 11.1 Å². The van der Waals surface area contributed by atoms with Gasteiger partial charge in [-0.05, 0) is 43.0 Å². The Labute approximate surface area is 122 Å². The minimum atomic E-state index is -0.260. The minimum absolute atomic E-state index is 0.0974. The van der Waals surface area contributed by atoms with E-state index < -0.39 is 0 Å². The molecule has 1 unspecified atom stereocenters. The van der Waals surface area contributed by atoms with Gasteiger partial charge in [0.25, 0.3) is 5.91 Å². The van der Waals surface area contributed by atoms with Crippen LogP contribution in [0.5, 0.6) is 0 Å². The number of carbonyl (C=O) groups is 1. The average Bonchev–Trinajstić information content (AvgIpc) is 2.47. The minimum Gasteiger partial charge on any atom is -0.397 e. The van der Waals surface area contributed by atoms with E-state index in [1.54, 1.807) is 30.1 Å². The first-order valence-corrected chi connectivity index (χ1v) is 7.49. The Kier molecular flexibility index (Phi) is 4.63. The van der Waals surface area contributed by atoms with E-state index in [1.165, 1.54) is 4.90 Å². The second-order valence-electron chi connectivity index (χ2n) is 4.41. The number of carbonyl (C=O) groups excluding carboxylic acids is 1. The Bertz CT molecular complexity index is 598. The van der Waals surface area contributed by atoms with Crippen molar-refractivity contribution < 1.29 is 4.79 Å². The topological polar surface area (TPSA) is 68.0 Å². The van der Waals surface area contributed by atoms with Gasteiger partial charge in [0.15, 0.2) is 5.69 Å². The van der Waals surface area contributed by atoms with Crippen molar-refractivity contribution in [1.82, 2.24) is 10.3 Å². The molecule has 2 aromatic rings. The van der Waals surface area contributed by atoms with Crippen molar-refractivity contribution >= 4 is 23.4 Å². The van der Waals surface area contributed by atoms with Crippen molar-refractivity contribution in [1.29, 1.82) is 0 Å². The van der Waals surface area contributed by atoms with Crippen LogP contribution in [0.1, 0.15) is 29.0 Å². The van der Waals surface area contributed by atoms with Crippen molar-refractivity contribution in [2.75, 3.05) is 12.0 Å². The van der Waals surface area contributed by atoms with Gasteiger partial charge in [0.1, 0.15) is 0 Å². The van der Waals surface area contributed by atoms with Crippen LogP contribution in [0.15, 0.2) is 47.5 Å². The molecule has 1 aromatic heterocycles. The van der Waals surface area contributed by atoms with Crippen molar-refractivity contribution in [3.8, 4) is 0 Å². The Morgan fingerprint density at radius 2 is 2.00 bits per heavy atom. The number of anilines is 1. The van der Waals surface area contributed by atoms with Gasteiger partial charge >= 0.3 is 0 Å². The highest BCUT2D eigenvalue weighted by Crippen LogP contribution is 2.19. The fourth-order valence-corrected chi connectivity index (χ4v) is 2.26. The van der Waals surface area contributed by atoms with Crippen LogP contribution in [0.25, 0.3) is 0 Å². The molecule has 104 valence electrons. The van der Waals surface area contributed by atoms with Crippen LogP contribution in [0.2, 0.25) is 0 Å². The molecule has 1 amide bonds. The van der Waals surface area contributed by atoms with Gasteiger partial charge in [0.05, 0.1) is 11.7 Å². The van der Waals surface area contributed by atoms with Gasteiger partial charge in [0, 0.05) is 11.1 Å². The van der Waals surface area contributed by atoms with E-state index in [-0.39, 0.29) is 17.6 Å². The van der Waals surface area contributed by atoms with Crippen LogP contribution in [0.4, 0.5) is 5.69 Å². The summed E-state index contributed by atoms with van der Waals surface area (Å²) in [5.41, 5.74) is 7.44. The second kappa shape index (κ2) is 6.43. The molecular formula is C15H17N3OS. The van der Waals surface area contributed by atoms with E-state index >= 15 is 0 Å². The number of thioether (sulfide) groups is 1. The highest BCUT2D eigenvalue weighted by atomic mass is 32.2. The zero-order valence-corrected chi connectivity index (χ0v) is 12.3. The fraction of sp³-hybridized carbons (Fsp3) is 0.200. The molecule has 0 aliphatic carbocycles. The third-order valence-electron chi connectivity index (χ3n) is 3.02. The van der Waals surface area contributed by atoms with Gasteiger partial charge in [-0.3, -0.25) is 4.79 Å². The molecule has 5 heteroatoms. The maximum Gasteiger partial charge on any atom is 0.272 e. The molecule has 0 saturated heterocycles. The quantitative estimate of drug-likeness (QED) is 0.848. The summed E-state index contributed by atoms with van der Waals surface area (Å²) in [5, 5.41) is 2.90. The number of hydrogen-bond donors (Lipinski definition) is 2. The molecule has 1 aromatic carbocycles. The Morgan fingerprint density at radius 1 is 1.30 bits per heavy atom. The summed E-state index contributed by atoms with van der Waals surface area (Å²) in [4.78, 5) is 17.3. The van der Waals surface area contributed by atoms with Gasteiger partial charge in [0.2, 0.25) is 0 Å². The fourth-order valence-electron chi connectivity index (χ4n) is 1.85. The molecule has 0 fully saturated rings. The molecule has 0 aliphatic rings. The van der Waals surface area contributed by atoms with E-state index in [2.05, 4.69) is 10.3 Å². The molecule has 0 bridgehead atoms. The molecule has 0 radical (unpaired) electrons. The summed E-state index contributed by atoms with van der Waals surface area (Å²) in [6, 6.07) is 11.4. The molecule has 2 rings (SSSR count). The number of rotatable bonds is 4. The summed E-state index contributed by atoms with van der Waals surface area (Å²) in [7, 11) is 0. The van der Waals surface area contributed by atoms with E-state index in [1.807, 2.05) is 37.4 Å². The molecule has 0 spiro atoms. The number of nitrogens with one attached hydrogen (secondary N) is 1. The van der Waals surface area contributed by atoms with Gasteiger partial charge in [-0.15, -0.1) is 11.8 Å². The molecule has 1 atom stereocenters. The SMILES string of the molecule is CSc1ccc(C(C)NC(=O)c2ncccc2N)cc1. The lowest BCUT2D eigenvalue weighted by Gasteiger charge is -2.15. The predicted octanol–water partition coefficient (Wildman–Crippen LogP) is 2.88. The number of hydrogen-bond acceptors (Lipinski definition) is 4. The molecule has 1 heterocycles. The third kappa shape index (κ3) is 3.30. The summed E-state index contributed by atoms with van der Waals surface area (Å²) in [6.45, 7) is 1.94. The first-order chi connectivity index (χ1) is 9.61. The normalized spacial score (nSPS) is 11.9. The maximum atomic E-state index is 12.1. The molecular weight excluding hydrogens is 270 g/mol. The van der Waals surface area contributed by atoms with E-state index in [4.69, 9.17) is 5.73 Å². The summed E-state index contributed by atoms with van der Waals surface area (Å²) < 4.78 is 0. The van der Waals surface area contributed by atoms with Crippen molar-refractivity contribution in [2.24, 2.45) is 0 Å². The lowest BCUT2D eigenvalue weighted by molar-refractivity contribution is 0.0936. The summed E-state index contributed by atoms with van der Waals surface area (Å²) in [6.07, 6.45) is 3.59. The second-order valence-corrected chi connectivity index (χ2v) is 5.29. The Balaban J connectivity index is 2.09. The van der Waals surface area contributed by atoms with Crippen molar-refractivity contribution in [2.45, 2.75) is 17.9 Å². The molecule has 0 saturated carbocycles.